The number of carbonyl (C=O) groups is 1. The average Bonchev–Trinajstić information content (AvgIpc) is 3.13. The number of ether oxygens (including phenoxy) is 1. The van der Waals surface area contributed by atoms with Crippen molar-refractivity contribution in [1.82, 2.24) is 4.90 Å². The fourth-order valence-corrected chi connectivity index (χ4v) is 3.15. The number of carbonyl (C=O) groups excluding carboxylic acids is 1. The van der Waals surface area contributed by atoms with Crippen LogP contribution >= 0.6 is 11.8 Å². The molecule has 0 heterocycles. The Bertz CT molecular complexity index is 215. The second kappa shape index (κ2) is 7.17. The molecule has 0 bridgehead atoms. The summed E-state index contributed by atoms with van der Waals surface area (Å²) >= 11 is 1.77. The van der Waals surface area contributed by atoms with Crippen molar-refractivity contribution in [2.75, 3.05) is 32.5 Å². The van der Waals surface area contributed by atoms with Gasteiger partial charge >= 0.3 is 5.97 Å². The van der Waals surface area contributed by atoms with Gasteiger partial charge in [-0.3, -0.25) is 4.79 Å². The maximum atomic E-state index is 11.6. The summed E-state index contributed by atoms with van der Waals surface area (Å²) in [5.41, 5.74) is 0. The Kier molecular flexibility index (Phi) is 6.21. The predicted octanol–water partition coefficient (Wildman–Crippen LogP) is 2.01. The Morgan fingerprint density at radius 1 is 1.44 bits per heavy atom. The molecule has 0 saturated heterocycles. The van der Waals surface area contributed by atoms with Crippen LogP contribution in [0.3, 0.4) is 0 Å². The van der Waals surface area contributed by atoms with Crippen molar-refractivity contribution in [2.24, 2.45) is 5.92 Å². The van der Waals surface area contributed by atoms with Crippen molar-refractivity contribution in [1.29, 1.82) is 0 Å². The summed E-state index contributed by atoms with van der Waals surface area (Å²) < 4.78 is 4.85. The van der Waals surface area contributed by atoms with Crippen molar-refractivity contribution >= 4 is 17.7 Å². The topological polar surface area (TPSA) is 29.5 Å². The van der Waals surface area contributed by atoms with Crippen LogP contribution in [-0.2, 0) is 9.53 Å². The van der Waals surface area contributed by atoms with Gasteiger partial charge in [-0.05, 0) is 31.8 Å². The van der Waals surface area contributed by atoms with Crippen LogP contribution in [0, 0.1) is 5.92 Å². The van der Waals surface area contributed by atoms with Gasteiger partial charge in [-0.1, -0.05) is 13.8 Å². The van der Waals surface area contributed by atoms with Gasteiger partial charge in [0.2, 0.25) is 0 Å². The Labute approximate surface area is 103 Å². The first-order valence-electron chi connectivity index (χ1n) is 6.14. The Morgan fingerprint density at radius 2 is 2.06 bits per heavy atom. The van der Waals surface area contributed by atoms with Crippen LogP contribution in [0.15, 0.2) is 0 Å². The molecule has 1 unspecified atom stereocenters. The lowest BCUT2D eigenvalue weighted by Gasteiger charge is -2.19. The monoisotopic (exact) mass is 245 g/mol. The van der Waals surface area contributed by atoms with E-state index in [0.717, 1.165) is 25.4 Å². The predicted molar refractivity (Wildman–Crippen MR) is 68.8 cm³/mol. The number of hydrogen-bond acceptors (Lipinski definition) is 4. The normalized spacial score (nSPS) is 17.5. The molecule has 0 radical (unpaired) electrons. The minimum atomic E-state index is -0.0351. The number of nitrogens with zero attached hydrogens (tertiary/aromatic N) is 1. The molecular weight excluding hydrogens is 222 g/mol. The lowest BCUT2D eigenvalue weighted by atomic mass is 10.3. The number of hydrogen-bond donors (Lipinski definition) is 0. The quantitative estimate of drug-likeness (QED) is 0.612. The molecule has 0 amide bonds. The van der Waals surface area contributed by atoms with Crippen molar-refractivity contribution in [2.45, 2.75) is 31.9 Å². The molecule has 1 atom stereocenters. The highest BCUT2D eigenvalue weighted by molar-refractivity contribution is 8.00. The lowest BCUT2D eigenvalue weighted by Crippen LogP contribution is -2.28. The van der Waals surface area contributed by atoms with Gasteiger partial charge in [-0.2, -0.15) is 0 Å². The van der Waals surface area contributed by atoms with E-state index >= 15 is 0 Å². The third kappa shape index (κ3) is 4.34. The van der Waals surface area contributed by atoms with Gasteiger partial charge in [0.25, 0.3) is 0 Å². The Balaban J connectivity index is 2.24. The molecule has 94 valence electrons. The van der Waals surface area contributed by atoms with E-state index in [1.165, 1.54) is 20.0 Å². The van der Waals surface area contributed by atoms with Gasteiger partial charge < -0.3 is 9.64 Å². The van der Waals surface area contributed by atoms with E-state index in [0.29, 0.717) is 5.92 Å². The molecule has 0 aromatic rings. The van der Waals surface area contributed by atoms with Gasteiger partial charge in [-0.25, -0.2) is 0 Å². The summed E-state index contributed by atoms with van der Waals surface area (Å²) in [6.45, 7) is 7.59. The van der Waals surface area contributed by atoms with E-state index in [2.05, 4.69) is 18.7 Å². The molecular formula is C12H23NO2S. The van der Waals surface area contributed by atoms with Gasteiger partial charge in [0.1, 0.15) is 5.25 Å². The molecule has 0 aliphatic heterocycles. The molecule has 0 N–H and O–H groups in total. The molecule has 0 spiro atoms. The number of rotatable bonds is 8. The van der Waals surface area contributed by atoms with E-state index in [4.69, 9.17) is 4.74 Å². The number of esters is 1. The average molecular weight is 245 g/mol. The summed E-state index contributed by atoms with van der Waals surface area (Å²) in [4.78, 5) is 13.9. The second-order valence-electron chi connectivity index (χ2n) is 4.18. The van der Waals surface area contributed by atoms with Crippen LogP contribution in [0.2, 0.25) is 0 Å². The standard InChI is InChI=1S/C12H23NO2S/c1-4-13(5-2)8-9-16-11(10-6-7-10)12(14)15-3/h10-11H,4-9H2,1-3H3. The zero-order valence-corrected chi connectivity index (χ0v) is 11.4. The van der Waals surface area contributed by atoms with E-state index in [9.17, 15) is 4.79 Å². The zero-order chi connectivity index (χ0) is 12.0. The third-order valence-electron chi connectivity index (χ3n) is 3.08. The van der Waals surface area contributed by atoms with Crippen molar-refractivity contribution in [3.63, 3.8) is 0 Å². The molecule has 1 saturated carbocycles. The van der Waals surface area contributed by atoms with Crippen LogP contribution in [-0.4, -0.2) is 48.6 Å². The molecule has 0 aromatic heterocycles. The van der Waals surface area contributed by atoms with Gasteiger partial charge in [0.05, 0.1) is 7.11 Å². The minimum Gasteiger partial charge on any atom is -0.468 e. The van der Waals surface area contributed by atoms with E-state index in [1.54, 1.807) is 11.8 Å². The van der Waals surface area contributed by atoms with Crippen LogP contribution in [0.1, 0.15) is 26.7 Å². The maximum absolute atomic E-state index is 11.6. The minimum absolute atomic E-state index is 0.0351. The van der Waals surface area contributed by atoms with Crippen LogP contribution in [0.5, 0.6) is 0 Å². The van der Waals surface area contributed by atoms with E-state index in [1.807, 2.05) is 0 Å². The highest BCUT2D eigenvalue weighted by Gasteiger charge is 2.37. The van der Waals surface area contributed by atoms with Crippen LogP contribution in [0.4, 0.5) is 0 Å². The second-order valence-corrected chi connectivity index (χ2v) is 5.43. The first-order chi connectivity index (χ1) is 7.72. The molecule has 1 fully saturated rings. The highest BCUT2D eigenvalue weighted by atomic mass is 32.2. The zero-order valence-electron chi connectivity index (χ0n) is 10.6. The smallest absolute Gasteiger partial charge is 0.319 e. The lowest BCUT2D eigenvalue weighted by molar-refractivity contribution is -0.140. The molecule has 1 aliphatic carbocycles. The summed E-state index contributed by atoms with van der Waals surface area (Å²) in [6, 6.07) is 0. The molecule has 16 heavy (non-hydrogen) atoms. The summed E-state index contributed by atoms with van der Waals surface area (Å²) in [6.07, 6.45) is 2.38. The van der Waals surface area contributed by atoms with Gasteiger partial charge in [0.15, 0.2) is 0 Å². The van der Waals surface area contributed by atoms with Crippen molar-refractivity contribution in [3.05, 3.63) is 0 Å². The Morgan fingerprint density at radius 3 is 2.50 bits per heavy atom. The first kappa shape index (κ1) is 13.8. The van der Waals surface area contributed by atoms with E-state index in [-0.39, 0.29) is 11.2 Å². The fraction of sp³-hybridized carbons (Fsp3) is 0.917. The first-order valence-corrected chi connectivity index (χ1v) is 7.19. The molecule has 1 aliphatic rings. The highest BCUT2D eigenvalue weighted by Crippen LogP contribution is 2.39. The SMILES string of the molecule is CCN(CC)CCSC(C(=O)OC)C1CC1. The molecule has 0 aromatic carbocycles. The largest absolute Gasteiger partial charge is 0.468 e. The van der Waals surface area contributed by atoms with Crippen LogP contribution < -0.4 is 0 Å². The molecule has 3 nitrogen and oxygen atoms in total. The fourth-order valence-electron chi connectivity index (χ4n) is 1.76. The molecule has 1 rings (SSSR count). The summed E-state index contributed by atoms with van der Waals surface area (Å²) in [5, 5.41) is 0.0839. The number of thioether (sulfide) groups is 1. The Hall–Kier alpha value is -0.220. The molecule has 4 heteroatoms. The van der Waals surface area contributed by atoms with Crippen LogP contribution in [0.25, 0.3) is 0 Å². The number of methoxy groups -OCH3 is 1. The third-order valence-corrected chi connectivity index (χ3v) is 4.44. The summed E-state index contributed by atoms with van der Waals surface area (Å²) in [5.74, 6) is 1.57. The summed E-state index contributed by atoms with van der Waals surface area (Å²) in [7, 11) is 1.49. The maximum Gasteiger partial charge on any atom is 0.319 e. The van der Waals surface area contributed by atoms with Gasteiger partial charge in [-0.15, -0.1) is 11.8 Å². The van der Waals surface area contributed by atoms with Crippen molar-refractivity contribution < 1.29 is 9.53 Å². The van der Waals surface area contributed by atoms with Crippen molar-refractivity contribution in [3.8, 4) is 0 Å². The van der Waals surface area contributed by atoms with E-state index < -0.39 is 0 Å². The van der Waals surface area contributed by atoms with Gasteiger partial charge in [0, 0.05) is 12.3 Å².